The van der Waals surface area contributed by atoms with E-state index in [1.165, 1.54) is 18.2 Å². The Hall–Kier alpha value is -2.47. The lowest BCUT2D eigenvalue weighted by Gasteiger charge is -2.17. The molecule has 4 nitrogen and oxygen atoms in total. The summed E-state index contributed by atoms with van der Waals surface area (Å²) in [5.74, 6) is -0.629. The number of ether oxygens (including phenoxy) is 1. The van der Waals surface area contributed by atoms with Crippen LogP contribution in [0, 0.1) is 17.6 Å². The Kier molecular flexibility index (Phi) is 5.83. The second-order valence-electron chi connectivity index (χ2n) is 6.49. The number of amides is 1. The van der Waals surface area contributed by atoms with E-state index in [-0.39, 0.29) is 37.0 Å². The molecule has 0 bridgehead atoms. The van der Waals surface area contributed by atoms with Crippen LogP contribution in [0.5, 0.6) is 5.75 Å². The SMILES string of the molecule is O=C(COc1ccc(CO)cc1)N1CCC(Cc2c(F)cccc2F)C1. The standard InChI is InChI=1S/C20H21F2NO3/c21-18-2-1-3-19(22)17(18)10-15-8-9-23(11-15)20(25)13-26-16-6-4-14(12-24)5-7-16/h1-7,15,24H,8-13H2. The minimum atomic E-state index is -0.538. The highest BCUT2D eigenvalue weighted by molar-refractivity contribution is 5.78. The summed E-state index contributed by atoms with van der Waals surface area (Å²) in [7, 11) is 0. The van der Waals surface area contributed by atoms with Crippen molar-refractivity contribution in [2.24, 2.45) is 5.92 Å². The topological polar surface area (TPSA) is 49.8 Å². The highest BCUT2D eigenvalue weighted by Crippen LogP contribution is 2.24. The molecule has 1 atom stereocenters. The maximum atomic E-state index is 13.8. The van der Waals surface area contributed by atoms with Crippen molar-refractivity contribution in [2.45, 2.75) is 19.4 Å². The van der Waals surface area contributed by atoms with Gasteiger partial charge in [-0.15, -0.1) is 0 Å². The molecule has 0 saturated carbocycles. The molecule has 3 rings (SSSR count). The predicted octanol–water partition coefficient (Wildman–Crippen LogP) is 2.93. The van der Waals surface area contributed by atoms with Crippen molar-refractivity contribution in [1.82, 2.24) is 4.90 Å². The third-order valence-electron chi connectivity index (χ3n) is 4.66. The summed E-state index contributed by atoms with van der Waals surface area (Å²) in [6, 6.07) is 10.7. The van der Waals surface area contributed by atoms with Crippen LogP contribution in [-0.4, -0.2) is 35.6 Å². The number of aliphatic hydroxyl groups is 1. The van der Waals surface area contributed by atoms with Crippen molar-refractivity contribution < 1.29 is 23.4 Å². The Labute approximate surface area is 151 Å². The highest BCUT2D eigenvalue weighted by Gasteiger charge is 2.28. The monoisotopic (exact) mass is 361 g/mol. The zero-order valence-corrected chi connectivity index (χ0v) is 14.3. The van der Waals surface area contributed by atoms with Gasteiger partial charge in [0.05, 0.1) is 6.61 Å². The third kappa shape index (κ3) is 4.38. The maximum Gasteiger partial charge on any atom is 0.260 e. The Bertz CT molecular complexity index is 744. The van der Waals surface area contributed by atoms with Crippen LogP contribution in [0.3, 0.4) is 0 Å². The van der Waals surface area contributed by atoms with E-state index in [0.29, 0.717) is 25.3 Å². The van der Waals surface area contributed by atoms with Gasteiger partial charge in [0.15, 0.2) is 6.61 Å². The molecular formula is C20H21F2NO3. The lowest BCUT2D eigenvalue weighted by molar-refractivity contribution is -0.132. The molecule has 26 heavy (non-hydrogen) atoms. The van der Waals surface area contributed by atoms with Crippen molar-refractivity contribution in [3.05, 3.63) is 65.2 Å². The van der Waals surface area contributed by atoms with Gasteiger partial charge in [0, 0.05) is 18.7 Å². The molecule has 1 N–H and O–H groups in total. The fourth-order valence-electron chi connectivity index (χ4n) is 3.17. The lowest BCUT2D eigenvalue weighted by Crippen LogP contribution is -2.33. The Balaban J connectivity index is 1.50. The molecule has 0 spiro atoms. The van der Waals surface area contributed by atoms with Gasteiger partial charge in [-0.25, -0.2) is 8.78 Å². The number of hydrogen-bond acceptors (Lipinski definition) is 3. The summed E-state index contributed by atoms with van der Waals surface area (Å²) in [6.45, 7) is 0.905. The number of aliphatic hydroxyl groups excluding tert-OH is 1. The molecular weight excluding hydrogens is 340 g/mol. The smallest absolute Gasteiger partial charge is 0.260 e. The zero-order chi connectivity index (χ0) is 18.5. The average Bonchev–Trinajstić information content (AvgIpc) is 3.12. The average molecular weight is 361 g/mol. The van der Waals surface area contributed by atoms with E-state index in [1.807, 2.05) is 0 Å². The molecule has 1 fully saturated rings. The van der Waals surface area contributed by atoms with Gasteiger partial charge in [0.25, 0.3) is 5.91 Å². The van der Waals surface area contributed by atoms with Gasteiger partial charge in [-0.2, -0.15) is 0 Å². The van der Waals surface area contributed by atoms with Crippen molar-refractivity contribution in [2.75, 3.05) is 19.7 Å². The molecule has 6 heteroatoms. The second-order valence-corrected chi connectivity index (χ2v) is 6.49. The second kappa shape index (κ2) is 8.27. The van der Waals surface area contributed by atoms with Gasteiger partial charge in [-0.05, 0) is 48.6 Å². The zero-order valence-electron chi connectivity index (χ0n) is 14.3. The molecule has 0 aromatic heterocycles. The molecule has 1 aliphatic heterocycles. The third-order valence-corrected chi connectivity index (χ3v) is 4.66. The molecule has 138 valence electrons. The first-order valence-electron chi connectivity index (χ1n) is 8.60. The molecule has 0 aliphatic carbocycles. The van der Waals surface area contributed by atoms with E-state index in [4.69, 9.17) is 9.84 Å². The van der Waals surface area contributed by atoms with E-state index >= 15 is 0 Å². The number of rotatable bonds is 6. The van der Waals surface area contributed by atoms with E-state index in [2.05, 4.69) is 0 Å². The largest absolute Gasteiger partial charge is 0.484 e. The Morgan fingerprint density at radius 1 is 1.15 bits per heavy atom. The fourth-order valence-corrected chi connectivity index (χ4v) is 3.17. The number of likely N-dealkylation sites (tertiary alicyclic amines) is 1. The van der Waals surface area contributed by atoms with E-state index in [9.17, 15) is 13.6 Å². The van der Waals surface area contributed by atoms with E-state index in [0.717, 1.165) is 5.56 Å². The predicted molar refractivity (Wildman–Crippen MR) is 92.6 cm³/mol. The van der Waals surface area contributed by atoms with Crippen LogP contribution in [-0.2, 0) is 17.8 Å². The minimum absolute atomic E-state index is 0.0363. The van der Waals surface area contributed by atoms with Crippen LogP contribution in [0.15, 0.2) is 42.5 Å². The van der Waals surface area contributed by atoms with E-state index < -0.39 is 11.6 Å². The Morgan fingerprint density at radius 3 is 2.50 bits per heavy atom. The minimum Gasteiger partial charge on any atom is -0.484 e. The number of carbonyl (C=O) groups is 1. The van der Waals surface area contributed by atoms with Crippen molar-refractivity contribution in [1.29, 1.82) is 0 Å². The molecule has 1 saturated heterocycles. The number of nitrogens with zero attached hydrogens (tertiary/aromatic N) is 1. The van der Waals surface area contributed by atoms with Gasteiger partial charge in [-0.1, -0.05) is 18.2 Å². The quantitative estimate of drug-likeness (QED) is 0.861. The maximum absolute atomic E-state index is 13.8. The van der Waals surface area contributed by atoms with Crippen LogP contribution >= 0.6 is 0 Å². The van der Waals surface area contributed by atoms with Crippen LogP contribution < -0.4 is 4.74 Å². The summed E-state index contributed by atoms with van der Waals surface area (Å²) in [4.78, 5) is 14.0. The van der Waals surface area contributed by atoms with Crippen LogP contribution in [0.2, 0.25) is 0 Å². The lowest BCUT2D eigenvalue weighted by atomic mass is 9.98. The number of halogens is 2. The van der Waals surface area contributed by atoms with Gasteiger partial charge >= 0.3 is 0 Å². The highest BCUT2D eigenvalue weighted by atomic mass is 19.1. The van der Waals surface area contributed by atoms with E-state index in [1.54, 1.807) is 29.2 Å². The molecule has 2 aromatic rings. The van der Waals surface area contributed by atoms with Crippen LogP contribution in [0.1, 0.15) is 17.5 Å². The molecule has 1 heterocycles. The summed E-state index contributed by atoms with van der Waals surface area (Å²) < 4.78 is 33.0. The molecule has 1 amide bonds. The first-order valence-corrected chi connectivity index (χ1v) is 8.60. The van der Waals surface area contributed by atoms with Crippen molar-refractivity contribution in [3.63, 3.8) is 0 Å². The number of benzene rings is 2. The van der Waals surface area contributed by atoms with Crippen LogP contribution in [0.25, 0.3) is 0 Å². The summed E-state index contributed by atoms with van der Waals surface area (Å²) in [6.07, 6.45) is 0.997. The number of carbonyl (C=O) groups excluding carboxylic acids is 1. The van der Waals surface area contributed by atoms with Crippen molar-refractivity contribution >= 4 is 5.91 Å². The summed E-state index contributed by atoms with van der Waals surface area (Å²) in [5.41, 5.74) is 0.860. The van der Waals surface area contributed by atoms with Gasteiger partial charge < -0.3 is 14.7 Å². The Morgan fingerprint density at radius 2 is 1.85 bits per heavy atom. The molecule has 0 radical (unpaired) electrons. The van der Waals surface area contributed by atoms with Gasteiger partial charge in [0.2, 0.25) is 0 Å². The molecule has 1 unspecified atom stereocenters. The van der Waals surface area contributed by atoms with Crippen LogP contribution in [0.4, 0.5) is 8.78 Å². The van der Waals surface area contributed by atoms with Gasteiger partial charge in [-0.3, -0.25) is 4.79 Å². The molecule has 2 aromatic carbocycles. The fraction of sp³-hybridized carbons (Fsp3) is 0.350. The normalized spacial score (nSPS) is 16.7. The summed E-state index contributed by atoms with van der Waals surface area (Å²) in [5, 5.41) is 9.01. The van der Waals surface area contributed by atoms with Crippen molar-refractivity contribution in [3.8, 4) is 5.75 Å². The summed E-state index contributed by atoms with van der Waals surface area (Å²) >= 11 is 0. The number of hydrogen-bond donors (Lipinski definition) is 1. The van der Waals surface area contributed by atoms with Gasteiger partial charge in [0.1, 0.15) is 17.4 Å². The first kappa shape index (κ1) is 18.3. The molecule has 1 aliphatic rings. The first-order chi connectivity index (χ1) is 12.6.